The van der Waals surface area contributed by atoms with Crippen LogP contribution >= 0.6 is 0 Å². The number of hydrogen-bond donors (Lipinski definition) is 0. The van der Waals surface area contributed by atoms with Crippen LogP contribution in [0, 0.1) is 11.3 Å². The van der Waals surface area contributed by atoms with Crippen LogP contribution in [0.25, 0.3) is 0 Å². The van der Waals surface area contributed by atoms with Crippen LogP contribution in [0.5, 0.6) is 0 Å². The van der Waals surface area contributed by atoms with E-state index in [1.165, 1.54) is 7.11 Å². The van der Waals surface area contributed by atoms with E-state index >= 15 is 0 Å². The summed E-state index contributed by atoms with van der Waals surface area (Å²) < 4.78 is 4.63. The van der Waals surface area contributed by atoms with Gasteiger partial charge in [-0.15, -0.1) is 0 Å². The van der Waals surface area contributed by atoms with Crippen molar-refractivity contribution in [1.82, 2.24) is 4.98 Å². The summed E-state index contributed by atoms with van der Waals surface area (Å²) in [6, 6.07) is 7.14. The standard InChI is InChI=1S/C12H15N3O2/c1-3-7-15(9-12(16)17-2)11-6-4-5-10(8-13)14-11/h4-6H,3,7,9H2,1-2H3. The molecule has 17 heavy (non-hydrogen) atoms. The van der Waals surface area contributed by atoms with Crippen molar-refractivity contribution in [3.63, 3.8) is 0 Å². The number of anilines is 1. The van der Waals surface area contributed by atoms with Crippen LogP contribution in [0.4, 0.5) is 5.82 Å². The van der Waals surface area contributed by atoms with E-state index in [1.54, 1.807) is 23.1 Å². The summed E-state index contributed by atoms with van der Waals surface area (Å²) in [6.45, 7) is 2.85. The molecule has 0 atom stereocenters. The maximum absolute atomic E-state index is 11.3. The fraction of sp³-hybridized carbons (Fsp3) is 0.417. The Morgan fingerprint density at radius 2 is 2.35 bits per heavy atom. The zero-order valence-corrected chi connectivity index (χ0v) is 10.0. The van der Waals surface area contributed by atoms with Gasteiger partial charge in [-0.05, 0) is 18.6 Å². The normalized spacial score (nSPS) is 9.47. The second-order valence-electron chi connectivity index (χ2n) is 3.49. The molecule has 5 nitrogen and oxygen atoms in total. The summed E-state index contributed by atoms with van der Waals surface area (Å²) in [5.41, 5.74) is 0.341. The maximum atomic E-state index is 11.3. The largest absolute Gasteiger partial charge is 0.468 e. The lowest BCUT2D eigenvalue weighted by Crippen LogP contribution is -2.32. The lowest BCUT2D eigenvalue weighted by Gasteiger charge is -2.21. The third-order valence-corrected chi connectivity index (χ3v) is 2.21. The van der Waals surface area contributed by atoms with Gasteiger partial charge in [0.15, 0.2) is 0 Å². The molecule has 90 valence electrons. The minimum atomic E-state index is -0.317. The Balaban J connectivity index is 2.88. The summed E-state index contributed by atoms with van der Waals surface area (Å²) >= 11 is 0. The molecular weight excluding hydrogens is 218 g/mol. The first-order valence-corrected chi connectivity index (χ1v) is 5.40. The molecule has 0 spiro atoms. The van der Waals surface area contributed by atoms with Crippen LogP contribution in [-0.4, -0.2) is 31.2 Å². The van der Waals surface area contributed by atoms with Gasteiger partial charge in [0, 0.05) is 6.54 Å². The molecule has 1 heterocycles. The van der Waals surface area contributed by atoms with Crippen LogP contribution in [0.3, 0.4) is 0 Å². The molecule has 0 saturated carbocycles. The van der Waals surface area contributed by atoms with Crippen LogP contribution in [-0.2, 0) is 9.53 Å². The Morgan fingerprint density at radius 3 is 2.94 bits per heavy atom. The molecule has 0 amide bonds. The molecule has 0 fully saturated rings. The van der Waals surface area contributed by atoms with Crippen LogP contribution in [0.1, 0.15) is 19.0 Å². The number of carbonyl (C=O) groups is 1. The van der Waals surface area contributed by atoms with E-state index in [1.807, 2.05) is 13.0 Å². The van der Waals surface area contributed by atoms with Crippen LogP contribution in [0.15, 0.2) is 18.2 Å². The second-order valence-corrected chi connectivity index (χ2v) is 3.49. The van der Waals surface area contributed by atoms with Gasteiger partial charge in [0.25, 0.3) is 0 Å². The minimum Gasteiger partial charge on any atom is -0.468 e. The molecule has 0 unspecified atom stereocenters. The Kier molecular flexibility index (Phi) is 4.95. The van der Waals surface area contributed by atoms with E-state index in [2.05, 4.69) is 9.72 Å². The van der Waals surface area contributed by atoms with Gasteiger partial charge in [-0.25, -0.2) is 4.98 Å². The first-order chi connectivity index (χ1) is 8.21. The number of esters is 1. The topological polar surface area (TPSA) is 66.2 Å². The molecule has 5 heteroatoms. The molecular formula is C12H15N3O2. The van der Waals surface area contributed by atoms with Crippen molar-refractivity contribution in [3.8, 4) is 6.07 Å². The number of rotatable bonds is 5. The monoisotopic (exact) mass is 233 g/mol. The SMILES string of the molecule is CCCN(CC(=O)OC)c1cccc(C#N)n1. The number of aromatic nitrogens is 1. The van der Waals surface area contributed by atoms with Crippen molar-refractivity contribution in [2.75, 3.05) is 25.1 Å². The molecule has 0 saturated heterocycles. The molecule has 0 radical (unpaired) electrons. The van der Waals surface area contributed by atoms with Gasteiger partial charge in [0.2, 0.25) is 0 Å². The number of ether oxygens (including phenoxy) is 1. The third-order valence-electron chi connectivity index (χ3n) is 2.21. The summed E-state index contributed by atoms with van der Waals surface area (Å²) in [7, 11) is 1.35. The molecule has 1 rings (SSSR count). The zero-order chi connectivity index (χ0) is 12.7. The average Bonchev–Trinajstić information content (AvgIpc) is 2.38. The van der Waals surface area contributed by atoms with Crippen molar-refractivity contribution in [2.24, 2.45) is 0 Å². The van der Waals surface area contributed by atoms with Gasteiger partial charge < -0.3 is 9.64 Å². The Bertz CT molecular complexity index is 426. The molecule has 0 aliphatic carbocycles. The first-order valence-electron chi connectivity index (χ1n) is 5.40. The lowest BCUT2D eigenvalue weighted by molar-refractivity contribution is -0.138. The molecule has 0 aliphatic heterocycles. The van der Waals surface area contributed by atoms with Gasteiger partial charge in [-0.3, -0.25) is 4.79 Å². The van der Waals surface area contributed by atoms with Gasteiger partial charge in [0.1, 0.15) is 24.1 Å². The fourth-order valence-electron chi connectivity index (χ4n) is 1.43. The minimum absolute atomic E-state index is 0.145. The van der Waals surface area contributed by atoms with Crippen molar-refractivity contribution >= 4 is 11.8 Å². The number of nitriles is 1. The quantitative estimate of drug-likeness (QED) is 0.718. The van der Waals surface area contributed by atoms with Crippen molar-refractivity contribution in [3.05, 3.63) is 23.9 Å². The Labute approximate surface area is 101 Å². The predicted molar refractivity (Wildman–Crippen MR) is 63.5 cm³/mol. The van der Waals surface area contributed by atoms with E-state index in [4.69, 9.17) is 5.26 Å². The van der Waals surface area contributed by atoms with Crippen LogP contribution < -0.4 is 4.90 Å². The number of methoxy groups -OCH3 is 1. The molecule has 1 aromatic heterocycles. The van der Waals surface area contributed by atoms with E-state index in [0.29, 0.717) is 18.1 Å². The predicted octanol–water partition coefficient (Wildman–Crippen LogP) is 1.34. The van der Waals surface area contributed by atoms with Gasteiger partial charge in [-0.2, -0.15) is 5.26 Å². The number of hydrogen-bond acceptors (Lipinski definition) is 5. The van der Waals surface area contributed by atoms with E-state index in [0.717, 1.165) is 6.42 Å². The highest BCUT2D eigenvalue weighted by Crippen LogP contribution is 2.11. The number of carbonyl (C=O) groups excluding carboxylic acids is 1. The molecule has 0 bridgehead atoms. The molecule has 1 aromatic rings. The smallest absolute Gasteiger partial charge is 0.325 e. The van der Waals surface area contributed by atoms with Gasteiger partial charge in [0.05, 0.1) is 7.11 Å². The summed E-state index contributed by atoms with van der Waals surface area (Å²) in [5, 5.41) is 8.78. The Hall–Kier alpha value is -2.09. The van der Waals surface area contributed by atoms with E-state index in [9.17, 15) is 4.79 Å². The first kappa shape index (κ1) is 13.0. The summed E-state index contributed by atoms with van der Waals surface area (Å²) in [4.78, 5) is 17.2. The van der Waals surface area contributed by atoms with Crippen molar-refractivity contribution in [1.29, 1.82) is 5.26 Å². The molecule has 0 N–H and O–H groups in total. The maximum Gasteiger partial charge on any atom is 0.325 e. The molecule has 0 aliphatic rings. The van der Waals surface area contributed by atoms with Crippen LogP contribution in [0.2, 0.25) is 0 Å². The third kappa shape index (κ3) is 3.76. The zero-order valence-electron chi connectivity index (χ0n) is 10.0. The van der Waals surface area contributed by atoms with Crippen molar-refractivity contribution in [2.45, 2.75) is 13.3 Å². The number of nitrogens with zero attached hydrogens (tertiary/aromatic N) is 3. The summed E-state index contributed by atoms with van der Waals surface area (Å²) in [5.74, 6) is 0.305. The Morgan fingerprint density at radius 1 is 1.59 bits per heavy atom. The second kappa shape index (κ2) is 6.48. The van der Waals surface area contributed by atoms with Crippen molar-refractivity contribution < 1.29 is 9.53 Å². The fourth-order valence-corrected chi connectivity index (χ4v) is 1.43. The highest BCUT2D eigenvalue weighted by Gasteiger charge is 2.12. The molecule has 0 aromatic carbocycles. The summed E-state index contributed by atoms with van der Waals surface area (Å²) in [6.07, 6.45) is 0.884. The van der Waals surface area contributed by atoms with Gasteiger partial charge in [-0.1, -0.05) is 13.0 Å². The lowest BCUT2D eigenvalue weighted by atomic mass is 10.3. The highest BCUT2D eigenvalue weighted by molar-refractivity contribution is 5.75. The average molecular weight is 233 g/mol. The van der Waals surface area contributed by atoms with Gasteiger partial charge >= 0.3 is 5.97 Å². The highest BCUT2D eigenvalue weighted by atomic mass is 16.5. The van der Waals surface area contributed by atoms with E-state index < -0.39 is 0 Å². The number of pyridine rings is 1. The van der Waals surface area contributed by atoms with E-state index in [-0.39, 0.29) is 12.5 Å².